The fraction of sp³-hybridized carbons (Fsp3) is 0.0833. The van der Waals surface area contributed by atoms with E-state index in [0.29, 0.717) is 21.6 Å². The molecule has 0 saturated heterocycles. The van der Waals surface area contributed by atoms with Gasteiger partial charge in [0.25, 0.3) is 0 Å². The molecule has 6 nitrogen and oxygen atoms in total. The van der Waals surface area contributed by atoms with Crippen LogP contribution in [0.5, 0.6) is 0 Å². The first-order valence-corrected chi connectivity index (χ1v) is 11.1. The largest absolute Gasteiger partial charge is 0.301 e. The average Bonchev–Trinajstić information content (AvgIpc) is 3.42. The Balaban J connectivity index is 1.79. The summed E-state index contributed by atoms with van der Waals surface area (Å²) in [6.45, 7) is 3.57. The molecule has 1 N–H and O–H groups in total. The second-order valence-electron chi connectivity index (χ2n) is 6.98. The lowest BCUT2D eigenvalue weighted by Gasteiger charge is -1.99. The van der Waals surface area contributed by atoms with Crippen molar-refractivity contribution in [1.29, 1.82) is 0 Å². The molecule has 8 heteroatoms. The topological polar surface area (TPSA) is 75.4 Å². The zero-order valence-electron chi connectivity index (χ0n) is 17.5. The number of thiazole rings is 1. The van der Waals surface area contributed by atoms with Crippen molar-refractivity contribution in [2.75, 3.05) is 0 Å². The van der Waals surface area contributed by atoms with E-state index in [9.17, 15) is 4.79 Å². The number of allylic oxidation sites excluding steroid dienone is 4. The van der Waals surface area contributed by atoms with Gasteiger partial charge >= 0.3 is 5.56 Å². The molecular formula is C24H20ClN5OS. The smallest absolute Gasteiger partial charge is 0.286 e. The van der Waals surface area contributed by atoms with Crippen LogP contribution in [0.4, 0.5) is 5.69 Å². The highest BCUT2D eigenvalue weighted by Gasteiger charge is 2.19. The van der Waals surface area contributed by atoms with Gasteiger partial charge in [0.2, 0.25) is 5.13 Å². The van der Waals surface area contributed by atoms with Gasteiger partial charge < -0.3 is 0 Å². The minimum atomic E-state index is -0.321. The first kappa shape index (κ1) is 21.7. The van der Waals surface area contributed by atoms with Gasteiger partial charge in [-0.2, -0.15) is 9.80 Å². The summed E-state index contributed by atoms with van der Waals surface area (Å²) in [4.78, 5) is 17.9. The number of benzene rings is 2. The molecule has 0 radical (unpaired) electrons. The maximum Gasteiger partial charge on any atom is 0.301 e. The summed E-state index contributed by atoms with van der Waals surface area (Å²) < 4.78 is 1.41. The highest BCUT2D eigenvalue weighted by atomic mass is 35.5. The van der Waals surface area contributed by atoms with Gasteiger partial charge in [0.05, 0.1) is 17.1 Å². The minimum Gasteiger partial charge on any atom is -0.286 e. The third-order valence-electron chi connectivity index (χ3n) is 4.54. The number of nitrogens with one attached hydrogen (secondary N) is 1. The predicted octanol–water partition coefficient (Wildman–Crippen LogP) is 7.09. The predicted molar refractivity (Wildman–Crippen MR) is 131 cm³/mol. The molecule has 32 heavy (non-hydrogen) atoms. The number of hydrogen-bond acceptors (Lipinski definition) is 5. The third-order valence-corrected chi connectivity index (χ3v) is 5.50. The molecule has 0 aliphatic heterocycles. The zero-order valence-corrected chi connectivity index (χ0v) is 19.1. The Kier molecular flexibility index (Phi) is 6.58. The third kappa shape index (κ3) is 4.85. The van der Waals surface area contributed by atoms with Gasteiger partial charge in [-0.25, -0.2) is 4.98 Å². The van der Waals surface area contributed by atoms with Crippen molar-refractivity contribution < 1.29 is 0 Å². The van der Waals surface area contributed by atoms with Gasteiger partial charge in [-0.05, 0) is 26.0 Å². The summed E-state index contributed by atoms with van der Waals surface area (Å²) in [5.41, 5.74) is 3.71. The fourth-order valence-corrected chi connectivity index (χ4v) is 3.82. The van der Waals surface area contributed by atoms with E-state index in [4.69, 9.17) is 11.6 Å². The lowest BCUT2D eigenvalue weighted by Crippen LogP contribution is -2.13. The van der Waals surface area contributed by atoms with Gasteiger partial charge in [0.15, 0.2) is 5.69 Å². The lowest BCUT2D eigenvalue weighted by atomic mass is 10.1. The van der Waals surface area contributed by atoms with Crippen LogP contribution in [0.15, 0.2) is 104 Å². The molecule has 2 heterocycles. The summed E-state index contributed by atoms with van der Waals surface area (Å²) in [5, 5.41) is 14.7. The van der Waals surface area contributed by atoms with Crippen LogP contribution in [-0.2, 0) is 0 Å². The van der Waals surface area contributed by atoms with E-state index in [-0.39, 0.29) is 11.2 Å². The minimum absolute atomic E-state index is 0.215. The normalized spacial score (nSPS) is 12.6. The number of aromatic nitrogens is 3. The Bertz CT molecular complexity index is 1360. The van der Waals surface area contributed by atoms with Crippen LogP contribution in [0, 0.1) is 0 Å². The van der Waals surface area contributed by atoms with Crippen molar-refractivity contribution >= 4 is 28.6 Å². The molecule has 0 aliphatic rings. The molecule has 0 aliphatic carbocycles. The number of azo groups is 1. The van der Waals surface area contributed by atoms with E-state index in [2.05, 4.69) is 20.3 Å². The van der Waals surface area contributed by atoms with Crippen LogP contribution in [0.1, 0.15) is 13.8 Å². The van der Waals surface area contributed by atoms with Crippen molar-refractivity contribution in [2.45, 2.75) is 13.8 Å². The summed E-state index contributed by atoms with van der Waals surface area (Å²) in [7, 11) is 0. The van der Waals surface area contributed by atoms with E-state index in [1.807, 2.05) is 66.0 Å². The highest BCUT2D eigenvalue weighted by molar-refractivity contribution is 7.12. The first-order chi connectivity index (χ1) is 15.5. The number of H-pyrrole nitrogens is 1. The van der Waals surface area contributed by atoms with Crippen molar-refractivity contribution in [3.05, 3.63) is 99.3 Å². The number of rotatable bonds is 6. The van der Waals surface area contributed by atoms with Gasteiger partial charge in [-0.3, -0.25) is 9.89 Å². The van der Waals surface area contributed by atoms with E-state index >= 15 is 0 Å². The molecule has 0 atom stereocenters. The van der Waals surface area contributed by atoms with Crippen LogP contribution in [0.25, 0.3) is 27.6 Å². The number of nitrogens with zero attached hydrogens (tertiary/aromatic N) is 4. The van der Waals surface area contributed by atoms with E-state index in [0.717, 1.165) is 16.8 Å². The molecule has 2 aromatic heterocycles. The molecular weight excluding hydrogens is 442 g/mol. The van der Waals surface area contributed by atoms with Crippen molar-refractivity contribution in [2.24, 2.45) is 10.2 Å². The Morgan fingerprint density at radius 3 is 2.34 bits per heavy atom. The monoisotopic (exact) mass is 461 g/mol. The molecule has 160 valence electrons. The van der Waals surface area contributed by atoms with Gasteiger partial charge in [0.1, 0.15) is 0 Å². The summed E-state index contributed by atoms with van der Waals surface area (Å²) in [5.74, 6) is 0. The van der Waals surface area contributed by atoms with Crippen molar-refractivity contribution in [1.82, 2.24) is 14.8 Å². The molecule has 2 aromatic carbocycles. The van der Waals surface area contributed by atoms with Crippen LogP contribution in [0.2, 0.25) is 0 Å². The maximum absolute atomic E-state index is 13.3. The van der Waals surface area contributed by atoms with Crippen LogP contribution in [0.3, 0.4) is 0 Å². The Hall–Kier alpha value is -3.55. The molecule has 0 bridgehead atoms. The molecule has 4 aromatic rings. The Morgan fingerprint density at radius 2 is 1.69 bits per heavy atom. The SMILES string of the molecule is C/C(Cl)=C\C=C(/C)N=Nc1c(-c2ccccc2)[nH]n(-c2nc(-c3ccccc3)cs2)c1=O. The molecule has 0 spiro atoms. The zero-order chi connectivity index (χ0) is 22.5. The maximum atomic E-state index is 13.3. The molecule has 0 saturated carbocycles. The van der Waals surface area contributed by atoms with Crippen molar-refractivity contribution in [3.63, 3.8) is 0 Å². The lowest BCUT2D eigenvalue weighted by molar-refractivity contribution is 0.843. The van der Waals surface area contributed by atoms with E-state index < -0.39 is 0 Å². The van der Waals surface area contributed by atoms with E-state index in [1.54, 1.807) is 26.0 Å². The standard InChI is InChI=1S/C24H20ClN5OS/c1-16(25)13-14-17(2)27-28-22-21(19-11-7-4-8-12-19)29-30(23(22)31)24-26-20(15-32-24)18-9-5-3-6-10-18/h3-15,29H,1-2H3/b16-13+,17-14+,28-27?. The summed E-state index contributed by atoms with van der Waals surface area (Å²) >= 11 is 7.25. The van der Waals surface area contributed by atoms with E-state index in [1.165, 1.54) is 16.0 Å². The summed E-state index contributed by atoms with van der Waals surface area (Å²) in [6.07, 6.45) is 3.47. The fourth-order valence-electron chi connectivity index (χ4n) is 2.97. The molecule has 0 unspecified atom stereocenters. The van der Waals surface area contributed by atoms with Crippen LogP contribution >= 0.6 is 22.9 Å². The quantitative estimate of drug-likeness (QED) is 0.246. The average molecular weight is 462 g/mol. The van der Waals surface area contributed by atoms with Crippen molar-refractivity contribution in [3.8, 4) is 27.6 Å². The second-order valence-corrected chi connectivity index (χ2v) is 8.42. The number of hydrogen-bond donors (Lipinski definition) is 1. The highest BCUT2D eigenvalue weighted by Crippen LogP contribution is 2.29. The molecule has 4 rings (SSSR count). The van der Waals surface area contributed by atoms with Crippen LogP contribution < -0.4 is 5.56 Å². The van der Waals surface area contributed by atoms with Gasteiger partial charge in [-0.1, -0.05) is 72.3 Å². The first-order valence-electron chi connectivity index (χ1n) is 9.87. The molecule has 0 amide bonds. The Morgan fingerprint density at radius 1 is 1.03 bits per heavy atom. The Labute approximate surface area is 194 Å². The summed E-state index contributed by atoms with van der Waals surface area (Å²) in [6, 6.07) is 19.4. The number of aromatic amines is 1. The van der Waals surface area contributed by atoms with Gasteiger partial charge in [-0.15, -0.1) is 16.5 Å². The van der Waals surface area contributed by atoms with Crippen LogP contribution in [-0.4, -0.2) is 14.8 Å². The second kappa shape index (κ2) is 9.72. The molecule has 0 fully saturated rings. The van der Waals surface area contributed by atoms with Gasteiger partial charge in [0, 0.05) is 21.5 Å². The number of halogens is 1.